The molecule has 0 radical (unpaired) electrons. The molecule has 1 aromatic rings. The third-order valence-electron chi connectivity index (χ3n) is 1.67. The van der Waals surface area contributed by atoms with Crippen molar-refractivity contribution in [3.63, 3.8) is 0 Å². The molecular formula is C15H28O2. The highest BCUT2D eigenvalue weighted by atomic mass is 16.5. The van der Waals surface area contributed by atoms with E-state index in [1.54, 1.807) is 7.11 Å². The highest BCUT2D eigenvalue weighted by Gasteiger charge is 1.78. The first kappa shape index (κ1) is 21.2. The molecule has 1 aromatic carbocycles. The van der Waals surface area contributed by atoms with Gasteiger partial charge in [-0.15, -0.1) is 0 Å². The second kappa shape index (κ2) is 17.3. The Morgan fingerprint density at radius 2 is 1.71 bits per heavy atom. The molecule has 0 aromatic heterocycles. The zero-order valence-corrected chi connectivity index (χ0v) is 9.61. The first-order chi connectivity index (χ1) is 7.35. The van der Waals surface area contributed by atoms with Crippen LogP contribution in [0.3, 0.4) is 0 Å². The van der Waals surface area contributed by atoms with Gasteiger partial charge in [-0.1, -0.05) is 57.8 Å². The van der Waals surface area contributed by atoms with E-state index >= 15 is 0 Å². The normalized spacial score (nSPS) is 7.88. The number of ether oxygens (including phenoxy) is 2. The Labute approximate surface area is 107 Å². The molecule has 0 heterocycles. The molecule has 0 saturated heterocycles. The van der Waals surface area contributed by atoms with Crippen molar-refractivity contribution in [2.24, 2.45) is 0 Å². The van der Waals surface area contributed by atoms with E-state index in [9.17, 15) is 0 Å². The molecule has 0 amide bonds. The maximum Gasteiger partial charge on any atom is 0.0700 e. The molecule has 0 spiro atoms. The summed E-state index contributed by atoms with van der Waals surface area (Å²) in [6.07, 6.45) is 1.83. The lowest BCUT2D eigenvalue weighted by Crippen LogP contribution is -2.00. The smallest absolute Gasteiger partial charge is 0.0700 e. The average molecular weight is 240 g/mol. The number of methoxy groups -OCH3 is 1. The van der Waals surface area contributed by atoms with Crippen molar-refractivity contribution < 1.29 is 9.47 Å². The van der Waals surface area contributed by atoms with Crippen molar-refractivity contribution in [1.29, 1.82) is 0 Å². The maximum atomic E-state index is 4.95. The van der Waals surface area contributed by atoms with Gasteiger partial charge in [0.1, 0.15) is 0 Å². The summed E-state index contributed by atoms with van der Waals surface area (Å²) in [6, 6.07) is 10.0. The van der Waals surface area contributed by atoms with Gasteiger partial charge in [-0.3, -0.25) is 0 Å². The molecule has 0 unspecified atom stereocenters. The van der Waals surface area contributed by atoms with Crippen LogP contribution >= 0.6 is 0 Å². The first-order valence-electron chi connectivity index (χ1n) is 5.09. The lowest BCUT2D eigenvalue weighted by Gasteiger charge is -1.96. The topological polar surface area (TPSA) is 18.5 Å². The van der Waals surface area contributed by atoms with E-state index in [4.69, 9.17) is 9.47 Å². The summed E-state index contributed by atoms with van der Waals surface area (Å²) >= 11 is 0. The molecule has 0 aliphatic rings. The van der Waals surface area contributed by atoms with Crippen molar-refractivity contribution in [2.45, 2.75) is 21.8 Å². The maximum absolute atomic E-state index is 4.95. The van der Waals surface area contributed by atoms with Crippen molar-refractivity contribution >= 4 is 6.08 Å². The second-order valence-electron chi connectivity index (χ2n) is 2.80. The summed E-state index contributed by atoms with van der Waals surface area (Å²) in [4.78, 5) is 0. The molecular weight excluding hydrogens is 212 g/mol. The number of hydrogen-bond acceptors (Lipinski definition) is 2. The van der Waals surface area contributed by atoms with Crippen LogP contribution in [0.15, 0.2) is 36.9 Å². The zero-order chi connectivity index (χ0) is 11.4. The van der Waals surface area contributed by atoms with Gasteiger partial charge in [0, 0.05) is 13.7 Å². The van der Waals surface area contributed by atoms with E-state index in [1.165, 1.54) is 5.56 Å². The molecule has 0 aliphatic heterocycles. The lowest BCUT2D eigenvalue weighted by molar-refractivity contribution is 0.0777. The van der Waals surface area contributed by atoms with Gasteiger partial charge in [0.25, 0.3) is 0 Å². The zero-order valence-electron chi connectivity index (χ0n) is 9.61. The summed E-state index contributed by atoms with van der Waals surface area (Å²) in [5, 5.41) is 0. The molecule has 100 valence electrons. The Morgan fingerprint density at radius 3 is 2.06 bits per heavy atom. The molecule has 2 nitrogen and oxygen atoms in total. The van der Waals surface area contributed by atoms with Crippen LogP contribution in [0.5, 0.6) is 0 Å². The van der Waals surface area contributed by atoms with Gasteiger partial charge in [0.15, 0.2) is 0 Å². The van der Waals surface area contributed by atoms with Crippen LogP contribution in [0.4, 0.5) is 0 Å². The molecule has 0 atom stereocenters. The summed E-state index contributed by atoms with van der Waals surface area (Å²) in [7, 11) is 1.67. The lowest BCUT2D eigenvalue weighted by atomic mass is 10.2. The van der Waals surface area contributed by atoms with Crippen LogP contribution < -0.4 is 0 Å². The minimum atomic E-state index is 0. The van der Waals surface area contributed by atoms with Crippen molar-refractivity contribution in [1.82, 2.24) is 0 Å². The van der Waals surface area contributed by atoms with Crippen LogP contribution in [0.1, 0.15) is 27.3 Å². The Hall–Kier alpha value is -1.12. The molecule has 17 heavy (non-hydrogen) atoms. The largest absolute Gasteiger partial charge is 0.382 e. The van der Waals surface area contributed by atoms with Crippen molar-refractivity contribution in [3.05, 3.63) is 42.5 Å². The fourth-order valence-corrected chi connectivity index (χ4v) is 0.876. The molecule has 0 fully saturated rings. The van der Waals surface area contributed by atoms with E-state index in [-0.39, 0.29) is 14.9 Å². The van der Waals surface area contributed by atoms with E-state index in [0.29, 0.717) is 13.2 Å². The molecule has 0 N–H and O–H groups in total. The summed E-state index contributed by atoms with van der Waals surface area (Å²) < 4.78 is 9.67. The number of benzene rings is 1. The van der Waals surface area contributed by atoms with E-state index in [0.717, 1.165) is 6.61 Å². The summed E-state index contributed by atoms with van der Waals surface area (Å²) in [6.45, 7) is 7.80. The Kier molecular flexibility index (Phi) is 21.5. The van der Waals surface area contributed by atoms with Gasteiger partial charge in [-0.25, -0.2) is 0 Å². The molecule has 1 rings (SSSR count). The molecule has 2 heteroatoms. The average Bonchev–Trinajstić information content (AvgIpc) is 2.32. The van der Waals surface area contributed by atoms with Gasteiger partial charge in [0.2, 0.25) is 0 Å². The van der Waals surface area contributed by atoms with Crippen molar-refractivity contribution in [3.8, 4) is 0 Å². The standard InChI is InChI=1S/C8H8.C5H12O2.2CH4/c1-2-8-6-4-3-5-7-8;1-3-7-5-4-6-2;;/h2-7H,1H2;3-5H2,1-2H3;2*1H4. The van der Waals surface area contributed by atoms with Crippen LogP contribution in [0.2, 0.25) is 0 Å². The van der Waals surface area contributed by atoms with Gasteiger partial charge < -0.3 is 9.47 Å². The quantitative estimate of drug-likeness (QED) is 0.715. The Balaban J connectivity index is -0.000000208. The highest BCUT2D eigenvalue weighted by Crippen LogP contribution is 1.97. The van der Waals surface area contributed by atoms with Crippen LogP contribution in [0, 0.1) is 0 Å². The Morgan fingerprint density at radius 1 is 1.12 bits per heavy atom. The van der Waals surface area contributed by atoms with Gasteiger partial charge in [0.05, 0.1) is 13.2 Å². The monoisotopic (exact) mass is 240 g/mol. The molecule has 0 aliphatic carbocycles. The third kappa shape index (κ3) is 14.9. The predicted molar refractivity (Wildman–Crippen MR) is 78.4 cm³/mol. The van der Waals surface area contributed by atoms with E-state index in [1.807, 2.05) is 43.3 Å². The fourth-order valence-electron chi connectivity index (χ4n) is 0.876. The minimum Gasteiger partial charge on any atom is -0.382 e. The van der Waals surface area contributed by atoms with Crippen molar-refractivity contribution in [2.75, 3.05) is 26.9 Å². The summed E-state index contributed by atoms with van der Waals surface area (Å²) in [5.74, 6) is 0. The predicted octanol–water partition coefficient (Wildman–Crippen LogP) is 4.27. The third-order valence-corrected chi connectivity index (χ3v) is 1.67. The highest BCUT2D eigenvalue weighted by molar-refractivity contribution is 5.45. The number of rotatable bonds is 5. The first-order valence-corrected chi connectivity index (χ1v) is 5.09. The summed E-state index contributed by atoms with van der Waals surface area (Å²) in [5.41, 5.74) is 1.17. The second-order valence-corrected chi connectivity index (χ2v) is 2.80. The van der Waals surface area contributed by atoms with Gasteiger partial charge >= 0.3 is 0 Å². The van der Waals surface area contributed by atoms with Crippen LogP contribution in [-0.4, -0.2) is 26.9 Å². The van der Waals surface area contributed by atoms with Crippen LogP contribution in [-0.2, 0) is 9.47 Å². The van der Waals surface area contributed by atoms with Gasteiger partial charge in [-0.2, -0.15) is 0 Å². The van der Waals surface area contributed by atoms with E-state index in [2.05, 4.69) is 6.58 Å². The SMILES string of the molecule is C.C.C=Cc1ccccc1.CCOCCOC. The fraction of sp³-hybridized carbons (Fsp3) is 0.467. The minimum absolute atomic E-state index is 0. The molecule has 0 bridgehead atoms. The Bertz CT molecular complexity index is 228. The van der Waals surface area contributed by atoms with Crippen LogP contribution in [0.25, 0.3) is 6.08 Å². The van der Waals surface area contributed by atoms with Gasteiger partial charge in [-0.05, 0) is 12.5 Å². The molecule has 0 saturated carbocycles. The van der Waals surface area contributed by atoms with E-state index < -0.39 is 0 Å². The number of hydrogen-bond donors (Lipinski definition) is 0.